The first-order chi connectivity index (χ1) is 17.6. The molecule has 1 aromatic carbocycles. The molecule has 0 saturated carbocycles. The Kier molecular flexibility index (Phi) is 14.0. The summed E-state index contributed by atoms with van der Waals surface area (Å²) >= 11 is 0. The van der Waals surface area contributed by atoms with E-state index in [1.807, 2.05) is 59.9 Å². The zero-order valence-corrected chi connectivity index (χ0v) is 22.4. The van der Waals surface area contributed by atoms with Crippen molar-refractivity contribution in [2.45, 2.75) is 60.4 Å². The second kappa shape index (κ2) is 16.4. The molecular formula is C29H40F2N4O. The van der Waals surface area contributed by atoms with E-state index in [-0.39, 0.29) is 18.2 Å². The number of benzene rings is 1. The van der Waals surface area contributed by atoms with E-state index < -0.39 is 11.7 Å². The maximum atomic E-state index is 13.7. The van der Waals surface area contributed by atoms with Crippen molar-refractivity contribution in [3.63, 3.8) is 0 Å². The lowest BCUT2D eigenvalue weighted by atomic mass is 10.1. The zero-order valence-electron chi connectivity index (χ0n) is 22.4. The number of hydrogen-bond donors (Lipinski definition) is 1. The van der Waals surface area contributed by atoms with Crippen LogP contribution in [0.4, 0.5) is 8.78 Å². The standard InChI is InChI=1S/C23H22F2N4O.3C2H6/c1-3-16(21(25)15(2)24)14-30-18-8-6-17(7-9-18)22-20-13-26-11-12-29(20)23(28-22)19-5-4-10-27-19;3*1-2/h3,6-9,11-13,19,27H,1-2,4-5,10,14H2;3*1-2H3/b21-16-;;;. The van der Waals surface area contributed by atoms with Gasteiger partial charge < -0.3 is 10.1 Å². The van der Waals surface area contributed by atoms with Gasteiger partial charge in [0.25, 0.3) is 0 Å². The summed E-state index contributed by atoms with van der Waals surface area (Å²) in [6, 6.07) is 7.54. The molecule has 1 aliphatic rings. The fourth-order valence-electron chi connectivity index (χ4n) is 3.58. The van der Waals surface area contributed by atoms with Crippen molar-refractivity contribution < 1.29 is 13.5 Å². The molecule has 1 fully saturated rings. The molecular weight excluding hydrogens is 458 g/mol. The Hall–Kier alpha value is -3.32. The monoisotopic (exact) mass is 498 g/mol. The van der Waals surface area contributed by atoms with Crippen molar-refractivity contribution >= 4 is 5.52 Å². The molecule has 1 aliphatic heterocycles. The summed E-state index contributed by atoms with van der Waals surface area (Å²) in [7, 11) is 0. The minimum Gasteiger partial charge on any atom is -0.489 e. The van der Waals surface area contributed by atoms with Gasteiger partial charge in [-0.25, -0.2) is 13.8 Å². The number of hydrogen-bond acceptors (Lipinski definition) is 4. The van der Waals surface area contributed by atoms with Crippen molar-refractivity contribution in [1.29, 1.82) is 0 Å². The van der Waals surface area contributed by atoms with Gasteiger partial charge in [-0.2, -0.15) is 0 Å². The first-order valence-electron chi connectivity index (χ1n) is 12.7. The second-order valence-corrected chi connectivity index (χ2v) is 7.06. The van der Waals surface area contributed by atoms with E-state index in [1.165, 1.54) is 6.08 Å². The summed E-state index contributed by atoms with van der Waals surface area (Å²) in [4.78, 5) is 9.15. The van der Waals surface area contributed by atoms with E-state index in [1.54, 1.807) is 24.5 Å². The highest BCUT2D eigenvalue weighted by atomic mass is 19.2. The Balaban J connectivity index is 0.00000101. The fraction of sp³-hybridized carbons (Fsp3) is 0.379. The molecule has 0 aliphatic carbocycles. The van der Waals surface area contributed by atoms with Gasteiger partial charge >= 0.3 is 0 Å². The third-order valence-electron chi connectivity index (χ3n) is 5.13. The van der Waals surface area contributed by atoms with Crippen molar-refractivity contribution in [3.8, 4) is 17.0 Å². The molecule has 3 aromatic rings. The number of halogens is 2. The average Bonchev–Trinajstić information content (AvgIpc) is 3.61. The Morgan fingerprint density at radius 3 is 2.36 bits per heavy atom. The van der Waals surface area contributed by atoms with Gasteiger partial charge in [0.2, 0.25) is 0 Å². The highest BCUT2D eigenvalue weighted by Crippen LogP contribution is 2.31. The van der Waals surface area contributed by atoms with E-state index in [9.17, 15) is 8.78 Å². The average molecular weight is 499 g/mol. The van der Waals surface area contributed by atoms with E-state index >= 15 is 0 Å². The van der Waals surface area contributed by atoms with Crippen LogP contribution in [0.25, 0.3) is 16.8 Å². The summed E-state index contributed by atoms with van der Waals surface area (Å²) in [5.41, 5.74) is 2.69. The Morgan fingerprint density at radius 2 is 1.81 bits per heavy atom. The molecule has 1 atom stereocenters. The third-order valence-corrected chi connectivity index (χ3v) is 5.13. The van der Waals surface area contributed by atoms with Crippen LogP contribution in [0.3, 0.4) is 0 Å². The van der Waals surface area contributed by atoms with E-state index in [0.29, 0.717) is 5.75 Å². The molecule has 2 aromatic heterocycles. The maximum Gasteiger partial charge on any atom is 0.164 e. The van der Waals surface area contributed by atoms with Crippen LogP contribution in [0.15, 0.2) is 79.3 Å². The van der Waals surface area contributed by atoms with Gasteiger partial charge in [0.15, 0.2) is 11.7 Å². The SMILES string of the molecule is C=C/C(COc1ccc(-c2nc(C3CCCN3)n3ccncc23)cc1)=C(/F)C(=C)F.CC.CC.CC. The van der Waals surface area contributed by atoms with Crippen molar-refractivity contribution in [2.24, 2.45) is 0 Å². The number of fused-ring (bicyclic) bond motifs is 1. The molecule has 0 amide bonds. The molecule has 4 rings (SSSR count). The van der Waals surface area contributed by atoms with Crippen LogP contribution in [-0.2, 0) is 0 Å². The smallest absolute Gasteiger partial charge is 0.164 e. The topological polar surface area (TPSA) is 51.5 Å². The first kappa shape index (κ1) is 30.7. The lowest BCUT2D eigenvalue weighted by molar-refractivity contribution is 0.350. The van der Waals surface area contributed by atoms with Crippen LogP contribution in [0.5, 0.6) is 5.75 Å². The molecule has 196 valence electrons. The summed E-state index contributed by atoms with van der Waals surface area (Å²) < 4.78 is 34.3. The molecule has 5 nitrogen and oxygen atoms in total. The van der Waals surface area contributed by atoms with Gasteiger partial charge in [-0.1, -0.05) is 60.8 Å². The highest BCUT2D eigenvalue weighted by Gasteiger charge is 2.23. The molecule has 1 unspecified atom stereocenters. The molecule has 1 saturated heterocycles. The predicted octanol–water partition coefficient (Wildman–Crippen LogP) is 8.17. The van der Waals surface area contributed by atoms with Gasteiger partial charge in [-0.3, -0.25) is 9.38 Å². The van der Waals surface area contributed by atoms with Crippen LogP contribution in [0.2, 0.25) is 0 Å². The quantitative estimate of drug-likeness (QED) is 0.334. The van der Waals surface area contributed by atoms with Crippen molar-refractivity contribution in [3.05, 3.63) is 85.1 Å². The molecule has 3 heterocycles. The van der Waals surface area contributed by atoms with E-state index in [2.05, 4.69) is 27.9 Å². The molecule has 0 radical (unpaired) electrons. The van der Waals surface area contributed by atoms with Crippen LogP contribution in [0, 0.1) is 0 Å². The Bertz CT molecular complexity index is 1110. The summed E-state index contributed by atoms with van der Waals surface area (Å²) in [5, 5.41) is 3.49. The number of nitrogens with one attached hydrogen (secondary N) is 1. The first-order valence-corrected chi connectivity index (χ1v) is 12.7. The van der Waals surface area contributed by atoms with Crippen LogP contribution in [-0.4, -0.2) is 27.5 Å². The predicted molar refractivity (Wildman–Crippen MR) is 147 cm³/mol. The lowest BCUT2D eigenvalue weighted by Gasteiger charge is -2.08. The third kappa shape index (κ3) is 7.59. The minimum absolute atomic E-state index is 0.00597. The normalized spacial score (nSPS) is 14.7. The van der Waals surface area contributed by atoms with E-state index in [4.69, 9.17) is 9.72 Å². The van der Waals surface area contributed by atoms with Crippen LogP contribution in [0.1, 0.15) is 66.3 Å². The van der Waals surface area contributed by atoms with Gasteiger partial charge in [0.05, 0.1) is 23.4 Å². The van der Waals surface area contributed by atoms with Crippen molar-refractivity contribution in [1.82, 2.24) is 19.7 Å². The van der Waals surface area contributed by atoms with Gasteiger partial charge in [-0.05, 0) is 43.7 Å². The van der Waals surface area contributed by atoms with Crippen molar-refractivity contribution in [2.75, 3.05) is 13.2 Å². The van der Waals surface area contributed by atoms with Gasteiger partial charge in [0, 0.05) is 23.5 Å². The van der Waals surface area contributed by atoms with E-state index in [0.717, 1.165) is 42.0 Å². The van der Waals surface area contributed by atoms with Crippen LogP contribution >= 0.6 is 0 Å². The number of aromatic nitrogens is 3. The summed E-state index contributed by atoms with van der Waals surface area (Å²) in [6.07, 6.45) is 8.88. The lowest BCUT2D eigenvalue weighted by Crippen LogP contribution is -2.15. The molecule has 36 heavy (non-hydrogen) atoms. The second-order valence-electron chi connectivity index (χ2n) is 7.06. The minimum atomic E-state index is -1.14. The number of ether oxygens (including phenoxy) is 1. The van der Waals surface area contributed by atoms with Crippen LogP contribution < -0.4 is 10.1 Å². The Labute approximate surface area is 214 Å². The maximum absolute atomic E-state index is 13.7. The summed E-state index contributed by atoms with van der Waals surface area (Å²) in [6.45, 7) is 19.3. The molecule has 0 spiro atoms. The molecule has 1 N–H and O–H groups in total. The number of allylic oxidation sites excluding steroid dienone is 2. The number of imidazole rings is 1. The Morgan fingerprint density at radius 1 is 1.14 bits per heavy atom. The zero-order chi connectivity index (χ0) is 27.1. The number of rotatable bonds is 7. The number of nitrogens with zero attached hydrogens (tertiary/aromatic N) is 3. The molecule has 0 bridgehead atoms. The molecule has 7 heteroatoms. The largest absolute Gasteiger partial charge is 0.489 e. The fourth-order valence-corrected chi connectivity index (χ4v) is 3.58. The summed E-state index contributed by atoms with van der Waals surface area (Å²) in [5.74, 6) is -0.694. The highest BCUT2D eigenvalue weighted by molar-refractivity contribution is 5.77. The van der Waals surface area contributed by atoms with Gasteiger partial charge in [-0.15, -0.1) is 0 Å². The van der Waals surface area contributed by atoms with Gasteiger partial charge in [0.1, 0.15) is 18.2 Å².